The van der Waals surface area contributed by atoms with Gasteiger partial charge in [0, 0.05) is 18.0 Å². The maximum Gasteiger partial charge on any atom is 0.260 e. The molecular weight excluding hydrogens is 519 g/mol. The lowest BCUT2D eigenvalue weighted by atomic mass is 9.84. The van der Waals surface area contributed by atoms with E-state index in [4.69, 9.17) is 5.41 Å². The molecule has 2 aromatic carbocycles. The Labute approximate surface area is 238 Å². The van der Waals surface area contributed by atoms with Gasteiger partial charge in [0.2, 0.25) is 0 Å². The summed E-state index contributed by atoms with van der Waals surface area (Å²) in [6.45, 7) is 0.839. The molecule has 1 saturated heterocycles. The molecule has 4 aliphatic rings. The van der Waals surface area contributed by atoms with E-state index in [-0.39, 0.29) is 29.6 Å². The van der Waals surface area contributed by atoms with E-state index in [9.17, 15) is 14.0 Å². The number of hydrogen-bond acceptors (Lipinski definition) is 5. The third-order valence-electron chi connectivity index (χ3n) is 9.18. The Morgan fingerprint density at radius 3 is 2.46 bits per heavy atom. The zero-order valence-electron chi connectivity index (χ0n) is 22.9. The minimum absolute atomic E-state index is 0.0665. The molecule has 2 fully saturated rings. The molecule has 7 rings (SSSR count). The number of nitrogens with one attached hydrogen (secondary N) is 2. The maximum absolute atomic E-state index is 14.5. The Hall–Kier alpha value is -4.14. The smallest absolute Gasteiger partial charge is 0.260 e. The molecule has 0 bridgehead atoms. The molecule has 2 atom stereocenters. The van der Waals surface area contributed by atoms with Crippen LogP contribution in [0.1, 0.15) is 89.4 Å². The zero-order chi connectivity index (χ0) is 28.1. The van der Waals surface area contributed by atoms with Crippen LogP contribution in [0.5, 0.6) is 0 Å². The maximum atomic E-state index is 14.5. The number of carbonyl (C=O) groups excluding carboxylic acids is 2. The number of hydrogen-bond donors (Lipinski definition) is 2. The van der Waals surface area contributed by atoms with Gasteiger partial charge in [-0.05, 0) is 79.0 Å². The number of carbonyl (C=O) groups is 2. The van der Waals surface area contributed by atoms with Gasteiger partial charge in [-0.3, -0.25) is 29.9 Å². The Kier molecular flexibility index (Phi) is 6.32. The van der Waals surface area contributed by atoms with Gasteiger partial charge in [-0.15, -0.1) is 0 Å². The predicted octanol–water partition coefficient (Wildman–Crippen LogP) is 4.99. The van der Waals surface area contributed by atoms with Crippen molar-refractivity contribution >= 4 is 17.8 Å². The van der Waals surface area contributed by atoms with Crippen molar-refractivity contribution in [3.63, 3.8) is 0 Å². The molecule has 210 valence electrons. The number of nitrogens with zero attached hydrogens (tertiary/aromatic N) is 4. The van der Waals surface area contributed by atoms with Crippen molar-refractivity contribution in [1.29, 1.82) is 5.41 Å². The van der Waals surface area contributed by atoms with Crippen molar-refractivity contribution in [1.82, 2.24) is 25.1 Å². The lowest BCUT2D eigenvalue weighted by Gasteiger charge is -2.31. The summed E-state index contributed by atoms with van der Waals surface area (Å²) in [5, 5.41) is 12.3. The Balaban J connectivity index is 1.22. The lowest BCUT2D eigenvalue weighted by molar-refractivity contribution is -0.133. The highest BCUT2D eigenvalue weighted by Gasteiger charge is 2.53. The van der Waals surface area contributed by atoms with Crippen molar-refractivity contribution in [3.8, 4) is 0 Å². The van der Waals surface area contributed by atoms with Crippen molar-refractivity contribution in [2.75, 3.05) is 0 Å². The summed E-state index contributed by atoms with van der Waals surface area (Å²) in [6.07, 6.45) is 10.5. The second-order valence-electron chi connectivity index (χ2n) is 11.8. The van der Waals surface area contributed by atoms with Crippen molar-refractivity contribution in [2.24, 2.45) is 5.92 Å². The molecule has 9 heteroatoms. The number of benzene rings is 2. The van der Waals surface area contributed by atoms with Gasteiger partial charge in [0.05, 0.1) is 30.5 Å². The summed E-state index contributed by atoms with van der Waals surface area (Å²) in [6, 6.07) is 11.6. The van der Waals surface area contributed by atoms with Gasteiger partial charge in [0.15, 0.2) is 5.96 Å². The van der Waals surface area contributed by atoms with Gasteiger partial charge in [0.25, 0.3) is 11.8 Å². The summed E-state index contributed by atoms with van der Waals surface area (Å²) >= 11 is 0. The molecule has 3 heterocycles. The number of amides is 2. The Morgan fingerprint density at radius 2 is 1.76 bits per heavy atom. The first-order valence-corrected chi connectivity index (χ1v) is 14.6. The van der Waals surface area contributed by atoms with E-state index in [2.05, 4.69) is 15.3 Å². The summed E-state index contributed by atoms with van der Waals surface area (Å²) < 4.78 is 13.9. The van der Waals surface area contributed by atoms with E-state index in [1.54, 1.807) is 34.3 Å². The SMILES string of the molecule is N=C1N[C@](CCC2CC2)(c2ccc(F)cc2)C(=O)N1[C@@H]1CCCCc2ccc(C(=O)N3Cc4nccnc4C3)cc21. The molecule has 2 aliphatic heterocycles. The molecule has 0 radical (unpaired) electrons. The van der Waals surface area contributed by atoms with E-state index >= 15 is 0 Å². The van der Waals surface area contributed by atoms with Crippen molar-refractivity contribution < 1.29 is 14.0 Å². The summed E-state index contributed by atoms with van der Waals surface area (Å²) in [5.74, 6) is 0.0421. The van der Waals surface area contributed by atoms with Gasteiger partial charge in [-0.25, -0.2) is 4.39 Å². The normalized spacial score (nSPS) is 23.7. The molecule has 8 nitrogen and oxygen atoms in total. The zero-order valence-corrected chi connectivity index (χ0v) is 22.9. The molecule has 2 N–H and O–H groups in total. The lowest BCUT2D eigenvalue weighted by Crippen LogP contribution is -2.44. The fourth-order valence-electron chi connectivity index (χ4n) is 6.74. The van der Waals surface area contributed by atoms with Crippen LogP contribution in [0.4, 0.5) is 4.39 Å². The average molecular weight is 553 g/mol. The molecule has 2 aliphatic carbocycles. The van der Waals surface area contributed by atoms with E-state index < -0.39 is 5.54 Å². The van der Waals surface area contributed by atoms with Crippen LogP contribution in [0, 0.1) is 17.1 Å². The van der Waals surface area contributed by atoms with Crippen LogP contribution in [-0.4, -0.2) is 37.5 Å². The van der Waals surface area contributed by atoms with Gasteiger partial charge in [-0.1, -0.05) is 37.5 Å². The standard InChI is InChI=1S/C32H33FN6O2/c33-24-11-9-23(10-12-24)32(14-13-20-5-6-20)30(41)39(31(34)37-32)28-4-2-1-3-21-7-8-22(17-25(21)28)29(40)38-18-26-27(19-38)36-16-15-35-26/h7-12,15-17,20,28H,1-6,13-14,18-19H2,(H2,34,37)/t28-,32-/m1/s1. The highest BCUT2D eigenvalue weighted by atomic mass is 19.1. The molecule has 0 spiro atoms. The van der Waals surface area contributed by atoms with Crippen LogP contribution in [0.15, 0.2) is 54.9 Å². The molecular formula is C32H33FN6O2. The highest BCUT2D eigenvalue weighted by Crippen LogP contribution is 2.44. The summed E-state index contributed by atoms with van der Waals surface area (Å²) in [5.41, 5.74) is 3.82. The van der Waals surface area contributed by atoms with E-state index in [1.807, 2.05) is 18.2 Å². The molecule has 2 amide bonds. The van der Waals surface area contributed by atoms with E-state index in [1.165, 1.54) is 12.1 Å². The van der Waals surface area contributed by atoms with Gasteiger partial charge >= 0.3 is 0 Å². The van der Waals surface area contributed by atoms with Gasteiger partial charge in [-0.2, -0.15) is 0 Å². The number of guanidine groups is 1. The number of aromatic nitrogens is 2. The Morgan fingerprint density at radius 1 is 1.02 bits per heavy atom. The topological polar surface area (TPSA) is 102 Å². The number of fused-ring (bicyclic) bond motifs is 2. The number of rotatable bonds is 6. The monoisotopic (exact) mass is 552 g/mol. The number of halogens is 1. The van der Waals surface area contributed by atoms with Gasteiger partial charge in [0.1, 0.15) is 11.4 Å². The second-order valence-corrected chi connectivity index (χ2v) is 11.8. The fraction of sp³-hybridized carbons (Fsp3) is 0.406. The van der Waals surface area contributed by atoms with Gasteiger partial charge < -0.3 is 10.2 Å². The largest absolute Gasteiger partial charge is 0.338 e. The van der Waals surface area contributed by atoms with Crippen molar-refractivity contribution in [3.05, 3.63) is 94.3 Å². The average Bonchev–Trinajstić information content (AvgIpc) is 3.70. The number of aryl methyl sites for hydroxylation is 1. The van der Waals surface area contributed by atoms with Crippen LogP contribution in [0.2, 0.25) is 0 Å². The first kappa shape index (κ1) is 25.8. The van der Waals surface area contributed by atoms with E-state index in [0.29, 0.717) is 43.0 Å². The summed E-state index contributed by atoms with van der Waals surface area (Å²) in [4.78, 5) is 40.2. The second kappa shape index (κ2) is 10.0. The van der Waals surface area contributed by atoms with Crippen molar-refractivity contribution in [2.45, 2.75) is 76.0 Å². The van der Waals surface area contributed by atoms with Crippen LogP contribution < -0.4 is 5.32 Å². The molecule has 3 aromatic rings. The minimum Gasteiger partial charge on any atom is -0.338 e. The predicted molar refractivity (Wildman–Crippen MR) is 150 cm³/mol. The molecule has 1 aromatic heterocycles. The highest BCUT2D eigenvalue weighted by molar-refractivity contribution is 6.08. The third-order valence-corrected chi connectivity index (χ3v) is 9.18. The van der Waals surface area contributed by atoms with Crippen LogP contribution in [0.3, 0.4) is 0 Å². The Bertz CT molecular complexity index is 1510. The minimum atomic E-state index is -1.10. The summed E-state index contributed by atoms with van der Waals surface area (Å²) in [7, 11) is 0. The van der Waals surface area contributed by atoms with Crippen LogP contribution >= 0.6 is 0 Å². The van der Waals surface area contributed by atoms with Crippen LogP contribution in [0.25, 0.3) is 0 Å². The molecule has 1 saturated carbocycles. The molecule has 41 heavy (non-hydrogen) atoms. The fourth-order valence-corrected chi connectivity index (χ4v) is 6.74. The third kappa shape index (κ3) is 4.57. The quantitative estimate of drug-likeness (QED) is 0.420. The molecule has 0 unspecified atom stereocenters. The first-order chi connectivity index (χ1) is 19.9. The first-order valence-electron chi connectivity index (χ1n) is 14.6. The van der Waals surface area contributed by atoms with E-state index in [0.717, 1.165) is 61.0 Å². The van der Waals surface area contributed by atoms with Crippen LogP contribution in [-0.2, 0) is 29.8 Å².